The quantitative estimate of drug-likeness (QED) is 0.832. The summed E-state index contributed by atoms with van der Waals surface area (Å²) >= 11 is 5.55. The molecule has 1 heterocycles. The molecule has 0 spiro atoms. The average Bonchev–Trinajstić information content (AvgIpc) is 2.68. The van der Waals surface area contributed by atoms with Crippen molar-refractivity contribution in [3.8, 4) is 0 Å². The van der Waals surface area contributed by atoms with Crippen molar-refractivity contribution in [2.45, 2.75) is 6.54 Å². The van der Waals surface area contributed by atoms with E-state index >= 15 is 0 Å². The number of piperazine rings is 1. The molecule has 0 saturated carbocycles. The number of thiocarbonyl (C=S) groups is 1. The van der Waals surface area contributed by atoms with Crippen LogP contribution >= 0.6 is 12.2 Å². The van der Waals surface area contributed by atoms with Gasteiger partial charge < -0.3 is 10.2 Å². The van der Waals surface area contributed by atoms with E-state index in [0.29, 0.717) is 0 Å². The SMILES string of the molecule is S=C(NCc1ccccc1)N1CCN(C/C=C\c2ccccc2)CC1. The fraction of sp³-hybridized carbons (Fsp3) is 0.286. The number of hydrogen-bond acceptors (Lipinski definition) is 2. The van der Waals surface area contributed by atoms with Crippen LogP contribution in [0.3, 0.4) is 0 Å². The molecule has 0 aromatic heterocycles. The highest BCUT2D eigenvalue weighted by Crippen LogP contribution is 2.05. The Morgan fingerprint density at radius 1 is 0.920 bits per heavy atom. The summed E-state index contributed by atoms with van der Waals surface area (Å²) in [7, 11) is 0. The van der Waals surface area contributed by atoms with Crippen molar-refractivity contribution in [2.75, 3.05) is 32.7 Å². The lowest BCUT2D eigenvalue weighted by molar-refractivity contribution is 0.197. The number of nitrogens with zero attached hydrogens (tertiary/aromatic N) is 2. The molecule has 1 aliphatic rings. The number of benzene rings is 2. The molecule has 0 aliphatic carbocycles. The van der Waals surface area contributed by atoms with Gasteiger partial charge >= 0.3 is 0 Å². The lowest BCUT2D eigenvalue weighted by atomic mass is 10.2. The van der Waals surface area contributed by atoms with Crippen molar-refractivity contribution in [1.82, 2.24) is 15.1 Å². The van der Waals surface area contributed by atoms with E-state index in [1.54, 1.807) is 0 Å². The van der Waals surface area contributed by atoms with Crippen LogP contribution in [0, 0.1) is 0 Å². The second-order valence-electron chi connectivity index (χ2n) is 6.25. The summed E-state index contributed by atoms with van der Waals surface area (Å²) in [6, 6.07) is 20.8. The zero-order valence-electron chi connectivity index (χ0n) is 14.5. The van der Waals surface area contributed by atoms with Crippen LogP contribution in [-0.4, -0.2) is 47.6 Å². The highest BCUT2D eigenvalue weighted by molar-refractivity contribution is 7.80. The van der Waals surface area contributed by atoms with Crippen LogP contribution < -0.4 is 5.32 Å². The second kappa shape index (κ2) is 9.35. The summed E-state index contributed by atoms with van der Waals surface area (Å²) in [4.78, 5) is 4.74. The fourth-order valence-corrected chi connectivity index (χ4v) is 3.18. The molecule has 0 unspecified atom stereocenters. The Hall–Kier alpha value is -2.17. The van der Waals surface area contributed by atoms with Crippen LogP contribution in [0.4, 0.5) is 0 Å². The Bertz CT molecular complexity index is 677. The first-order chi connectivity index (χ1) is 12.3. The third-order valence-corrected chi connectivity index (χ3v) is 4.82. The molecular formula is C21H25N3S. The van der Waals surface area contributed by atoms with E-state index in [4.69, 9.17) is 12.2 Å². The molecule has 4 heteroatoms. The van der Waals surface area contributed by atoms with E-state index in [0.717, 1.165) is 44.4 Å². The largest absolute Gasteiger partial charge is 0.358 e. The van der Waals surface area contributed by atoms with Crippen molar-refractivity contribution in [3.05, 3.63) is 77.9 Å². The summed E-state index contributed by atoms with van der Waals surface area (Å²) in [5.74, 6) is 0. The van der Waals surface area contributed by atoms with Crippen molar-refractivity contribution in [2.24, 2.45) is 0 Å². The maximum atomic E-state index is 5.55. The van der Waals surface area contributed by atoms with Gasteiger partial charge in [-0.3, -0.25) is 4.90 Å². The molecule has 0 radical (unpaired) electrons. The zero-order chi connectivity index (χ0) is 17.3. The van der Waals surface area contributed by atoms with Crippen molar-refractivity contribution < 1.29 is 0 Å². The van der Waals surface area contributed by atoms with Gasteiger partial charge in [-0.25, -0.2) is 0 Å². The van der Waals surface area contributed by atoms with E-state index in [1.165, 1.54) is 11.1 Å². The molecule has 0 amide bonds. The third kappa shape index (κ3) is 5.69. The molecular weight excluding hydrogens is 326 g/mol. The first-order valence-corrected chi connectivity index (χ1v) is 9.23. The molecule has 130 valence electrons. The maximum absolute atomic E-state index is 5.55. The van der Waals surface area contributed by atoms with Crippen LogP contribution in [-0.2, 0) is 6.54 Å². The predicted octanol–water partition coefficient (Wildman–Crippen LogP) is 3.39. The minimum atomic E-state index is 0.791. The van der Waals surface area contributed by atoms with E-state index in [-0.39, 0.29) is 0 Å². The van der Waals surface area contributed by atoms with Crippen molar-refractivity contribution in [3.63, 3.8) is 0 Å². The number of hydrogen-bond donors (Lipinski definition) is 1. The Kier molecular flexibility index (Phi) is 6.60. The number of rotatable bonds is 5. The van der Waals surface area contributed by atoms with Gasteiger partial charge in [-0.05, 0) is 23.3 Å². The number of nitrogens with one attached hydrogen (secondary N) is 1. The third-order valence-electron chi connectivity index (χ3n) is 4.42. The first-order valence-electron chi connectivity index (χ1n) is 8.82. The highest BCUT2D eigenvalue weighted by atomic mass is 32.1. The van der Waals surface area contributed by atoms with Crippen LogP contribution in [0.15, 0.2) is 66.7 Å². The van der Waals surface area contributed by atoms with Gasteiger partial charge in [0.05, 0.1) is 0 Å². The minimum absolute atomic E-state index is 0.791. The molecule has 1 fully saturated rings. The maximum Gasteiger partial charge on any atom is 0.169 e. The van der Waals surface area contributed by atoms with E-state index in [9.17, 15) is 0 Å². The summed E-state index contributed by atoms with van der Waals surface area (Å²) in [6.45, 7) is 5.85. The van der Waals surface area contributed by atoms with E-state index in [2.05, 4.69) is 75.8 Å². The van der Waals surface area contributed by atoms with Gasteiger partial charge in [-0.2, -0.15) is 0 Å². The van der Waals surface area contributed by atoms with Gasteiger partial charge in [-0.1, -0.05) is 72.8 Å². The van der Waals surface area contributed by atoms with Gasteiger partial charge in [-0.15, -0.1) is 0 Å². The molecule has 0 bridgehead atoms. The van der Waals surface area contributed by atoms with Gasteiger partial charge in [0.1, 0.15) is 0 Å². The molecule has 2 aromatic rings. The van der Waals surface area contributed by atoms with Crippen LogP contribution in [0.2, 0.25) is 0 Å². The molecule has 2 aromatic carbocycles. The van der Waals surface area contributed by atoms with Gasteiger partial charge in [0.25, 0.3) is 0 Å². The molecule has 3 nitrogen and oxygen atoms in total. The highest BCUT2D eigenvalue weighted by Gasteiger charge is 2.17. The predicted molar refractivity (Wildman–Crippen MR) is 109 cm³/mol. The van der Waals surface area contributed by atoms with Crippen LogP contribution in [0.5, 0.6) is 0 Å². The van der Waals surface area contributed by atoms with Gasteiger partial charge in [0.15, 0.2) is 5.11 Å². The Balaban J connectivity index is 1.38. The lowest BCUT2D eigenvalue weighted by Crippen LogP contribution is -2.51. The standard InChI is InChI=1S/C21H25N3S/c25-21(22-18-20-10-5-2-6-11-20)24-16-14-23(15-17-24)13-7-12-19-8-3-1-4-9-19/h1-12H,13-18H2,(H,22,25)/b12-7-. The summed E-state index contributed by atoms with van der Waals surface area (Å²) < 4.78 is 0. The fourth-order valence-electron chi connectivity index (χ4n) is 2.92. The van der Waals surface area contributed by atoms with E-state index < -0.39 is 0 Å². The molecule has 0 atom stereocenters. The summed E-state index contributed by atoms with van der Waals surface area (Å²) in [6.07, 6.45) is 4.44. The van der Waals surface area contributed by atoms with Gasteiger partial charge in [0.2, 0.25) is 0 Å². The zero-order valence-corrected chi connectivity index (χ0v) is 15.3. The smallest absolute Gasteiger partial charge is 0.169 e. The molecule has 1 saturated heterocycles. The molecule has 1 N–H and O–H groups in total. The first kappa shape index (κ1) is 17.6. The van der Waals surface area contributed by atoms with Gasteiger partial charge in [0, 0.05) is 39.3 Å². The Morgan fingerprint density at radius 3 is 2.24 bits per heavy atom. The topological polar surface area (TPSA) is 18.5 Å². The average molecular weight is 352 g/mol. The van der Waals surface area contributed by atoms with E-state index in [1.807, 2.05) is 12.1 Å². The summed E-state index contributed by atoms with van der Waals surface area (Å²) in [5, 5.41) is 4.24. The molecule has 3 rings (SSSR count). The Labute approximate surface area is 156 Å². The van der Waals surface area contributed by atoms with Crippen LogP contribution in [0.1, 0.15) is 11.1 Å². The second-order valence-corrected chi connectivity index (χ2v) is 6.63. The monoisotopic (exact) mass is 351 g/mol. The van der Waals surface area contributed by atoms with Crippen molar-refractivity contribution >= 4 is 23.4 Å². The summed E-state index contributed by atoms with van der Waals surface area (Å²) in [5.41, 5.74) is 2.52. The molecule has 1 aliphatic heterocycles. The van der Waals surface area contributed by atoms with Crippen LogP contribution in [0.25, 0.3) is 6.08 Å². The minimum Gasteiger partial charge on any atom is -0.358 e. The Morgan fingerprint density at radius 2 is 1.56 bits per heavy atom. The molecule has 25 heavy (non-hydrogen) atoms. The normalized spacial score (nSPS) is 15.4. The lowest BCUT2D eigenvalue weighted by Gasteiger charge is -2.35. The van der Waals surface area contributed by atoms with Crippen molar-refractivity contribution in [1.29, 1.82) is 0 Å².